The summed E-state index contributed by atoms with van der Waals surface area (Å²) < 4.78 is 15.7. The fraction of sp³-hybridized carbons (Fsp3) is 0.875. The van der Waals surface area contributed by atoms with Gasteiger partial charge in [-0.3, -0.25) is 0 Å². The van der Waals surface area contributed by atoms with E-state index in [2.05, 4.69) is 4.74 Å². The zero-order valence-electron chi connectivity index (χ0n) is 14.6. The molecule has 0 aliphatic carbocycles. The van der Waals surface area contributed by atoms with Gasteiger partial charge in [0.1, 0.15) is 5.60 Å². The molecule has 1 amide bonds. The topological polar surface area (TPSA) is 65.1 Å². The van der Waals surface area contributed by atoms with Crippen LogP contribution < -0.4 is 0 Å². The molecule has 2 fully saturated rings. The van der Waals surface area contributed by atoms with E-state index in [0.717, 1.165) is 12.8 Å². The number of carbonyl (C=O) groups is 2. The van der Waals surface area contributed by atoms with E-state index < -0.39 is 11.7 Å². The van der Waals surface area contributed by atoms with Crippen molar-refractivity contribution in [3.63, 3.8) is 0 Å². The number of hydrogen-bond donors (Lipinski definition) is 0. The van der Waals surface area contributed by atoms with Crippen molar-refractivity contribution in [1.29, 1.82) is 0 Å². The number of likely N-dealkylation sites (tertiary alicyclic amines) is 1. The Hall–Kier alpha value is -1.30. The van der Waals surface area contributed by atoms with Crippen molar-refractivity contribution in [3.8, 4) is 0 Å². The fourth-order valence-corrected chi connectivity index (χ4v) is 2.64. The molecule has 1 spiro atoms. The van der Waals surface area contributed by atoms with Gasteiger partial charge in [-0.25, -0.2) is 9.59 Å². The van der Waals surface area contributed by atoms with Crippen LogP contribution >= 0.6 is 0 Å². The first-order valence-electron chi connectivity index (χ1n) is 7.98. The maximum Gasteiger partial charge on any atom is 0.410 e. The molecule has 0 bridgehead atoms. The van der Waals surface area contributed by atoms with Gasteiger partial charge in [0, 0.05) is 19.5 Å². The van der Waals surface area contributed by atoms with Crippen molar-refractivity contribution in [1.82, 2.24) is 4.90 Å². The molecule has 2 aliphatic heterocycles. The van der Waals surface area contributed by atoms with E-state index in [4.69, 9.17) is 9.47 Å². The molecule has 6 nitrogen and oxygen atoms in total. The van der Waals surface area contributed by atoms with Crippen LogP contribution in [0.15, 0.2) is 0 Å². The molecule has 1 atom stereocenters. The molecule has 2 rings (SSSR count). The summed E-state index contributed by atoms with van der Waals surface area (Å²) in [6, 6.07) is 0. The highest BCUT2D eigenvalue weighted by Crippen LogP contribution is 2.41. The average Bonchev–Trinajstić information content (AvgIpc) is 2.44. The minimum Gasteiger partial charge on any atom is -0.467 e. The van der Waals surface area contributed by atoms with E-state index >= 15 is 0 Å². The number of nitrogens with zero attached hydrogens (tertiary/aromatic N) is 1. The van der Waals surface area contributed by atoms with Crippen LogP contribution in [0.25, 0.3) is 0 Å². The third-order valence-corrected chi connectivity index (χ3v) is 3.74. The van der Waals surface area contributed by atoms with Crippen molar-refractivity contribution in [2.75, 3.05) is 20.2 Å². The van der Waals surface area contributed by atoms with Gasteiger partial charge in [0.15, 0.2) is 6.10 Å². The van der Waals surface area contributed by atoms with Crippen molar-refractivity contribution < 1.29 is 23.8 Å². The van der Waals surface area contributed by atoms with E-state index in [0.29, 0.717) is 19.5 Å². The van der Waals surface area contributed by atoms with Crippen molar-refractivity contribution >= 4 is 12.1 Å². The van der Waals surface area contributed by atoms with Crippen LogP contribution in [0.5, 0.6) is 0 Å². The Bertz CT molecular complexity index is 386. The molecular formula is C16H29NO5. The SMILES string of the molecule is CC.COC(=O)C1CC2(CCN(C(=O)OC(C)(C)C)CC2)O1. The monoisotopic (exact) mass is 315 g/mol. The zero-order chi connectivity index (χ0) is 17.0. The van der Waals surface area contributed by atoms with Gasteiger partial charge in [0.05, 0.1) is 12.7 Å². The third-order valence-electron chi connectivity index (χ3n) is 3.74. The first-order valence-corrected chi connectivity index (χ1v) is 7.98. The van der Waals surface area contributed by atoms with Gasteiger partial charge in [-0.1, -0.05) is 13.8 Å². The lowest BCUT2D eigenvalue weighted by Gasteiger charge is -2.50. The Labute approximate surface area is 133 Å². The summed E-state index contributed by atoms with van der Waals surface area (Å²) in [4.78, 5) is 25.0. The highest BCUT2D eigenvalue weighted by atomic mass is 16.6. The summed E-state index contributed by atoms with van der Waals surface area (Å²) in [6.07, 6.45) is 1.44. The van der Waals surface area contributed by atoms with Gasteiger partial charge in [-0.05, 0) is 33.6 Å². The molecular weight excluding hydrogens is 286 g/mol. The van der Waals surface area contributed by atoms with Crippen LogP contribution in [0, 0.1) is 0 Å². The quantitative estimate of drug-likeness (QED) is 0.696. The summed E-state index contributed by atoms with van der Waals surface area (Å²) in [6.45, 7) is 10.8. The van der Waals surface area contributed by atoms with E-state index in [1.807, 2.05) is 34.6 Å². The van der Waals surface area contributed by atoms with Crippen LogP contribution in [-0.2, 0) is 19.0 Å². The first kappa shape index (κ1) is 18.7. The Kier molecular flexibility index (Phi) is 6.23. The lowest BCUT2D eigenvalue weighted by molar-refractivity contribution is -0.232. The standard InChI is InChI=1S/C14H23NO5.C2H6/c1-13(2,3)20-12(17)15-7-5-14(6-8-15)9-10(19-14)11(16)18-4;1-2/h10H,5-9H2,1-4H3;1-2H3. The highest BCUT2D eigenvalue weighted by molar-refractivity contribution is 5.75. The second-order valence-electron chi connectivity index (χ2n) is 6.48. The Morgan fingerprint density at radius 1 is 1.18 bits per heavy atom. The van der Waals surface area contributed by atoms with Crippen LogP contribution in [0.2, 0.25) is 0 Å². The molecule has 22 heavy (non-hydrogen) atoms. The van der Waals surface area contributed by atoms with Crippen LogP contribution in [0.3, 0.4) is 0 Å². The number of rotatable bonds is 1. The Morgan fingerprint density at radius 3 is 2.09 bits per heavy atom. The molecule has 0 radical (unpaired) electrons. The molecule has 0 N–H and O–H groups in total. The average molecular weight is 315 g/mol. The maximum absolute atomic E-state index is 11.9. The fourth-order valence-electron chi connectivity index (χ4n) is 2.64. The minimum absolute atomic E-state index is 0.253. The number of hydrogen-bond acceptors (Lipinski definition) is 5. The Morgan fingerprint density at radius 2 is 1.68 bits per heavy atom. The van der Waals surface area contributed by atoms with Gasteiger partial charge in [-0.15, -0.1) is 0 Å². The smallest absolute Gasteiger partial charge is 0.410 e. The maximum atomic E-state index is 11.9. The predicted octanol–water partition coefficient (Wildman–Crippen LogP) is 2.74. The van der Waals surface area contributed by atoms with E-state index in [9.17, 15) is 9.59 Å². The Balaban J connectivity index is 0.00000116. The lowest BCUT2D eigenvalue weighted by atomic mass is 9.80. The second kappa shape index (κ2) is 7.31. The second-order valence-corrected chi connectivity index (χ2v) is 6.48. The summed E-state index contributed by atoms with van der Waals surface area (Å²) >= 11 is 0. The van der Waals surface area contributed by atoms with Gasteiger partial charge < -0.3 is 19.1 Å². The number of methoxy groups -OCH3 is 1. The zero-order valence-corrected chi connectivity index (χ0v) is 14.6. The third kappa shape index (κ3) is 4.60. The molecule has 2 saturated heterocycles. The molecule has 6 heteroatoms. The van der Waals surface area contributed by atoms with Gasteiger partial charge in [-0.2, -0.15) is 0 Å². The number of piperidine rings is 1. The van der Waals surface area contributed by atoms with Crippen LogP contribution in [0.4, 0.5) is 4.79 Å². The molecule has 0 aromatic heterocycles. The molecule has 0 aromatic rings. The van der Waals surface area contributed by atoms with Crippen LogP contribution in [-0.4, -0.2) is 54.5 Å². The van der Waals surface area contributed by atoms with E-state index in [1.165, 1.54) is 7.11 Å². The number of esters is 1. The summed E-state index contributed by atoms with van der Waals surface area (Å²) in [5.74, 6) is -0.315. The molecule has 1 unspecified atom stereocenters. The minimum atomic E-state index is -0.477. The normalized spacial score (nSPS) is 23.0. The van der Waals surface area contributed by atoms with Crippen LogP contribution in [0.1, 0.15) is 53.9 Å². The predicted molar refractivity (Wildman–Crippen MR) is 82.6 cm³/mol. The van der Waals surface area contributed by atoms with Gasteiger partial charge >= 0.3 is 12.1 Å². The number of ether oxygens (including phenoxy) is 3. The molecule has 2 aliphatic rings. The van der Waals surface area contributed by atoms with E-state index in [1.54, 1.807) is 4.90 Å². The number of amides is 1. The number of carbonyl (C=O) groups excluding carboxylic acids is 2. The summed E-state index contributed by atoms with van der Waals surface area (Å²) in [7, 11) is 1.36. The molecule has 0 saturated carbocycles. The first-order chi connectivity index (χ1) is 10.2. The van der Waals surface area contributed by atoms with E-state index in [-0.39, 0.29) is 17.7 Å². The van der Waals surface area contributed by atoms with Crippen molar-refractivity contribution in [2.24, 2.45) is 0 Å². The molecule has 128 valence electrons. The summed E-state index contributed by atoms with van der Waals surface area (Å²) in [5, 5.41) is 0. The highest BCUT2D eigenvalue weighted by Gasteiger charge is 2.51. The largest absolute Gasteiger partial charge is 0.467 e. The molecule has 0 aromatic carbocycles. The van der Waals surface area contributed by atoms with Crippen molar-refractivity contribution in [2.45, 2.75) is 71.2 Å². The van der Waals surface area contributed by atoms with Gasteiger partial charge in [0.25, 0.3) is 0 Å². The van der Waals surface area contributed by atoms with Gasteiger partial charge in [0.2, 0.25) is 0 Å². The van der Waals surface area contributed by atoms with Crippen molar-refractivity contribution in [3.05, 3.63) is 0 Å². The lowest BCUT2D eigenvalue weighted by Crippen LogP contribution is -2.59. The molecule has 2 heterocycles. The summed E-state index contributed by atoms with van der Waals surface area (Å²) in [5.41, 5.74) is -0.730.